The van der Waals surface area contributed by atoms with Gasteiger partial charge in [0.25, 0.3) is 5.91 Å². The van der Waals surface area contributed by atoms with Crippen molar-refractivity contribution in [3.63, 3.8) is 0 Å². The third kappa shape index (κ3) is 1.83. The molecule has 1 amide bonds. The molecule has 0 fully saturated rings. The van der Waals surface area contributed by atoms with Crippen molar-refractivity contribution < 1.29 is 9.18 Å². The maximum Gasteiger partial charge on any atom is 0.277 e. The predicted octanol–water partition coefficient (Wildman–Crippen LogP) is 1.04. The van der Waals surface area contributed by atoms with Crippen LogP contribution in [-0.4, -0.2) is 30.0 Å². The summed E-state index contributed by atoms with van der Waals surface area (Å²) in [4.78, 5) is 14.3. The van der Waals surface area contributed by atoms with E-state index in [1.807, 2.05) is 0 Å². The van der Waals surface area contributed by atoms with Crippen molar-refractivity contribution in [2.24, 2.45) is 15.2 Å². The third-order valence-corrected chi connectivity index (χ3v) is 1.64. The Morgan fingerprint density at radius 2 is 2.45 bits per heavy atom. The van der Waals surface area contributed by atoms with Gasteiger partial charge in [-0.3, -0.25) is 4.79 Å². The van der Waals surface area contributed by atoms with Gasteiger partial charge in [-0.15, -0.1) is 5.11 Å². The molecular formula is C5H6FN3OS. The highest BCUT2D eigenvalue weighted by atomic mass is 32.2. The molecular weight excluding hydrogens is 169 g/mol. The van der Waals surface area contributed by atoms with Gasteiger partial charge in [0.2, 0.25) is 5.17 Å². The van der Waals surface area contributed by atoms with Crippen LogP contribution in [0.2, 0.25) is 0 Å². The third-order valence-electron chi connectivity index (χ3n) is 1.10. The number of hydrogen-bond donors (Lipinski definition) is 0. The van der Waals surface area contributed by atoms with Crippen molar-refractivity contribution in [2.75, 3.05) is 12.9 Å². The van der Waals surface area contributed by atoms with Gasteiger partial charge in [-0.25, -0.2) is 4.39 Å². The summed E-state index contributed by atoms with van der Waals surface area (Å²) < 4.78 is 11.9. The van der Waals surface area contributed by atoms with Crippen LogP contribution in [0.3, 0.4) is 0 Å². The van der Waals surface area contributed by atoms with Gasteiger partial charge in [0.05, 0.1) is 0 Å². The van der Waals surface area contributed by atoms with Crippen molar-refractivity contribution in [2.45, 2.75) is 6.04 Å². The van der Waals surface area contributed by atoms with E-state index in [0.29, 0.717) is 5.17 Å². The number of carbonyl (C=O) groups excluding carboxylic acids is 1. The summed E-state index contributed by atoms with van der Waals surface area (Å²) in [6, 6.07) is -1.01. The van der Waals surface area contributed by atoms with Crippen LogP contribution in [-0.2, 0) is 4.79 Å². The molecule has 0 spiro atoms. The lowest BCUT2D eigenvalue weighted by Crippen LogP contribution is -2.22. The van der Waals surface area contributed by atoms with Crippen LogP contribution >= 0.6 is 11.8 Å². The van der Waals surface area contributed by atoms with Crippen LogP contribution in [0, 0.1) is 0 Å². The van der Waals surface area contributed by atoms with Crippen LogP contribution in [0.4, 0.5) is 4.39 Å². The van der Waals surface area contributed by atoms with Crippen LogP contribution in [0.15, 0.2) is 15.2 Å². The molecule has 11 heavy (non-hydrogen) atoms. The monoisotopic (exact) mass is 175 g/mol. The molecule has 0 saturated carbocycles. The molecule has 0 aliphatic carbocycles. The number of aliphatic imine (C=N–C) groups is 1. The lowest BCUT2D eigenvalue weighted by Gasteiger charge is -2.06. The minimum atomic E-state index is -1.01. The Balaban J connectivity index is 2.71. The topological polar surface area (TPSA) is 54.1 Å². The normalized spacial score (nSPS) is 23.6. The quantitative estimate of drug-likeness (QED) is 0.597. The highest BCUT2D eigenvalue weighted by Crippen LogP contribution is 2.10. The van der Waals surface area contributed by atoms with Gasteiger partial charge in [-0.05, 0) is 6.26 Å². The maximum atomic E-state index is 11.9. The molecule has 0 aromatic rings. The Hall–Kier alpha value is -0.780. The molecule has 1 atom stereocenters. The van der Waals surface area contributed by atoms with Gasteiger partial charge in [0.1, 0.15) is 6.67 Å². The summed E-state index contributed by atoms with van der Waals surface area (Å²) in [5, 5.41) is 7.25. The molecule has 1 unspecified atom stereocenters. The summed E-state index contributed by atoms with van der Waals surface area (Å²) in [6.07, 6.45) is 1.72. The molecule has 0 N–H and O–H groups in total. The molecule has 6 heteroatoms. The van der Waals surface area contributed by atoms with Crippen molar-refractivity contribution >= 4 is 22.8 Å². The zero-order valence-electron chi connectivity index (χ0n) is 5.82. The molecule has 0 aromatic carbocycles. The molecule has 1 heterocycles. The average molecular weight is 175 g/mol. The maximum absolute atomic E-state index is 11.9. The fraction of sp³-hybridized carbons (Fsp3) is 0.600. The molecule has 1 aliphatic rings. The van der Waals surface area contributed by atoms with Crippen LogP contribution in [0.25, 0.3) is 0 Å². The predicted molar refractivity (Wildman–Crippen MR) is 40.6 cm³/mol. The van der Waals surface area contributed by atoms with E-state index in [1.165, 1.54) is 11.8 Å². The Labute approximate surface area is 67.0 Å². The first-order valence-electron chi connectivity index (χ1n) is 2.91. The minimum absolute atomic E-state index is 0.291. The number of halogens is 1. The van der Waals surface area contributed by atoms with Crippen LogP contribution in [0.1, 0.15) is 0 Å². The Kier molecular flexibility index (Phi) is 2.70. The molecule has 1 rings (SSSR count). The van der Waals surface area contributed by atoms with Gasteiger partial charge in [0, 0.05) is 0 Å². The molecule has 0 bridgehead atoms. The van der Waals surface area contributed by atoms with Crippen molar-refractivity contribution in [3.05, 3.63) is 0 Å². The molecule has 4 nitrogen and oxygen atoms in total. The first-order chi connectivity index (χ1) is 5.27. The second-order valence-corrected chi connectivity index (χ2v) is 2.60. The summed E-state index contributed by atoms with van der Waals surface area (Å²) in [5.41, 5.74) is 0. The number of hydrogen-bond acceptors (Lipinski definition) is 4. The Bertz CT molecular complexity index is 228. The van der Waals surface area contributed by atoms with E-state index < -0.39 is 18.6 Å². The van der Waals surface area contributed by atoms with E-state index >= 15 is 0 Å². The van der Waals surface area contributed by atoms with Gasteiger partial charge in [-0.1, -0.05) is 11.8 Å². The van der Waals surface area contributed by atoms with Crippen molar-refractivity contribution in [1.82, 2.24) is 0 Å². The van der Waals surface area contributed by atoms with Crippen LogP contribution in [0.5, 0.6) is 0 Å². The highest BCUT2D eigenvalue weighted by Gasteiger charge is 2.21. The van der Waals surface area contributed by atoms with Gasteiger partial charge in [-0.2, -0.15) is 10.1 Å². The SMILES string of the molecule is CSC1=NC(=O)C(CF)N=N1. The number of amides is 1. The van der Waals surface area contributed by atoms with Crippen molar-refractivity contribution in [3.8, 4) is 0 Å². The smallest absolute Gasteiger partial charge is 0.270 e. The zero-order valence-corrected chi connectivity index (χ0v) is 6.64. The standard InChI is InChI=1S/C5H6FN3OS/c1-11-5-7-4(10)3(2-6)8-9-5/h3H,2H2,1H3. The number of nitrogens with zero attached hydrogens (tertiary/aromatic N) is 3. The largest absolute Gasteiger partial charge is 0.277 e. The molecule has 60 valence electrons. The first-order valence-corrected chi connectivity index (χ1v) is 4.13. The zero-order chi connectivity index (χ0) is 8.27. The molecule has 1 aliphatic heterocycles. The number of thioether (sulfide) groups is 1. The Morgan fingerprint density at radius 3 is 2.91 bits per heavy atom. The first kappa shape index (κ1) is 8.32. The van der Waals surface area contributed by atoms with Crippen LogP contribution < -0.4 is 0 Å². The summed E-state index contributed by atoms with van der Waals surface area (Å²) >= 11 is 1.21. The molecule has 0 aromatic heterocycles. The number of amidine groups is 1. The fourth-order valence-electron chi connectivity index (χ4n) is 0.543. The van der Waals surface area contributed by atoms with E-state index in [-0.39, 0.29) is 0 Å². The highest BCUT2D eigenvalue weighted by molar-refractivity contribution is 8.13. The fourth-order valence-corrected chi connectivity index (χ4v) is 0.853. The molecule has 0 radical (unpaired) electrons. The van der Waals surface area contributed by atoms with Gasteiger partial charge in [0.15, 0.2) is 6.04 Å². The summed E-state index contributed by atoms with van der Waals surface area (Å²) in [6.45, 7) is -0.826. The minimum Gasteiger partial charge on any atom is -0.270 e. The van der Waals surface area contributed by atoms with Crippen molar-refractivity contribution in [1.29, 1.82) is 0 Å². The number of azo groups is 1. The summed E-state index contributed by atoms with van der Waals surface area (Å²) in [7, 11) is 0. The Morgan fingerprint density at radius 1 is 1.73 bits per heavy atom. The van der Waals surface area contributed by atoms with E-state index in [2.05, 4.69) is 15.2 Å². The number of carbonyl (C=O) groups is 1. The number of alkyl halides is 1. The van der Waals surface area contributed by atoms with E-state index in [4.69, 9.17) is 0 Å². The number of rotatable bonds is 1. The second-order valence-electron chi connectivity index (χ2n) is 1.82. The lowest BCUT2D eigenvalue weighted by atomic mass is 10.3. The van der Waals surface area contributed by atoms with E-state index in [0.717, 1.165) is 0 Å². The average Bonchev–Trinajstić information content (AvgIpc) is 2.04. The summed E-state index contributed by atoms with van der Waals surface area (Å²) in [5.74, 6) is -0.549. The second kappa shape index (κ2) is 3.56. The van der Waals surface area contributed by atoms with Gasteiger partial charge >= 0.3 is 0 Å². The molecule has 0 saturated heterocycles. The van der Waals surface area contributed by atoms with Gasteiger partial charge < -0.3 is 0 Å². The van der Waals surface area contributed by atoms with E-state index in [1.54, 1.807) is 6.26 Å². The lowest BCUT2D eigenvalue weighted by molar-refractivity contribution is -0.119. The van der Waals surface area contributed by atoms with E-state index in [9.17, 15) is 9.18 Å².